The van der Waals surface area contributed by atoms with Gasteiger partial charge in [0.05, 0.1) is 29.1 Å². The first-order chi connectivity index (χ1) is 20.3. The number of hydrogen-bond donors (Lipinski definition) is 2. The molecule has 0 radical (unpaired) electrons. The molecule has 0 spiro atoms. The van der Waals surface area contributed by atoms with Crippen molar-refractivity contribution in [2.75, 3.05) is 16.2 Å². The normalized spacial score (nSPS) is 15.5. The zero-order valence-electron chi connectivity index (χ0n) is 23.5. The molecule has 1 aromatic heterocycles. The number of benzene rings is 2. The van der Waals surface area contributed by atoms with E-state index in [4.69, 9.17) is 9.47 Å². The number of pyridine rings is 1. The number of anilines is 2. The van der Waals surface area contributed by atoms with Gasteiger partial charge in [0.2, 0.25) is 5.91 Å². The Bertz CT molecular complexity index is 1780. The molecule has 0 saturated carbocycles. The highest BCUT2D eigenvalue weighted by molar-refractivity contribution is 7.92. The van der Waals surface area contributed by atoms with Crippen LogP contribution in [-0.2, 0) is 35.8 Å². The van der Waals surface area contributed by atoms with Crippen LogP contribution in [0.4, 0.5) is 29.3 Å². The molecule has 0 fully saturated rings. The number of sulfonamides is 2. The number of ether oxygens (including phenoxy) is 2. The minimum absolute atomic E-state index is 0.0727. The fourth-order valence-corrected chi connectivity index (χ4v) is 6.55. The zero-order chi connectivity index (χ0) is 32.5. The maximum absolute atomic E-state index is 13.8. The second-order valence-electron chi connectivity index (χ2n) is 10.5. The average molecular weight is 657 g/mol. The Kier molecular flexibility index (Phi) is 8.84. The summed E-state index contributed by atoms with van der Waals surface area (Å²) < 4.78 is 106. The maximum atomic E-state index is 13.8. The van der Waals surface area contributed by atoms with Crippen LogP contribution in [0.15, 0.2) is 76.8 Å². The van der Waals surface area contributed by atoms with Gasteiger partial charge in [0.1, 0.15) is 17.5 Å². The SMILES string of the molecule is CC(C)(C)OC(=O)Nc1ccc2c(c1)N(S(=O)(=O)c1cccc(C(F)(F)F)c1)CC(CC(=O)NS(=O)(=O)c1ccccn1)O2. The number of fused-ring (bicyclic) bond motifs is 1. The Morgan fingerprint density at radius 1 is 1.02 bits per heavy atom. The fourth-order valence-electron chi connectivity index (χ4n) is 4.06. The lowest BCUT2D eigenvalue weighted by Crippen LogP contribution is -2.46. The number of hydrogen-bond acceptors (Lipinski definition) is 9. The molecule has 3 aromatic rings. The van der Waals surface area contributed by atoms with Crippen molar-refractivity contribution in [1.29, 1.82) is 0 Å². The lowest BCUT2D eigenvalue weighted by Gasteiger charge is -2.35. The summed E-state index contributed by atoms with van der Waals surface area (Å²) in [6.07, 6.45) is -6.41. The lowest BCUT2D eigenvalue weighted by atomic mass is 10.1. The van der Waals surface area contributed by atoms with E-state index in [0.717, 1.165) is 22.5 Å². The van der Waals surface area contributed by atoms with Crippen molar-refractivity contribution in [3.8, 4) is 5.75 Å². The van der Waals surface area contributed by atoms with Crippen molar-refractivity contribution in [2.24, 2.45) is 0 Å². The molecule has 1 aliphatic heterocycles. The number of nitrogens with zero attached hydrogens (tertiary/aromatic N) is 2. The summed E-state index contributed by atoms with van der Waals surface area (Å²) in [5.74, 6) is -1.16. The summed E-state index contributed by atoms with van der Waals surface area (Å²) in [6, 6.07) is 11.0. The van der Waals surface area contributed by atoms with E-state index in [1.54, 1.807) is 20.8 Å². The highest BCUT2D eigenvalue weighted by Gasteiger charge is 2.38. The van der Waals surface area contributed by atoms with Gasteiger partial charge in [-0.25, -0.2) is 22.9 Å². The van der Waals surface area contributed by atoms with Crippen LogP contribution in [0.1, 0.15) is 32.8 Å². The summed E-state index contributed by atoms with van der Waals surface area (Å²) in [7, 11) is -9.09. The molecule has 17 heteroatoms. The van der Waals surface area contributed by atoms with Crippen molar-refractivity contribution in [2.45, 2.75) is 55.0 Å². The summed E-state index contributed by atoms with van der Waals surface area (Å²) in [5, 5.41) is 2.02. The maximum Gasteiger partial charge on any atom is 0.416 e. The minimum Gasteiger partial charge on any atom is -0.486 e. The van der Waals surface area contributed by atoms with Gasteiger partial charge in [-0.2, -0.15) is 21.6 Å². The van der Waals surface area contributed by atoms with Crippen LogP contribution in [0.3, 0.4) is 0 Å². The van der Waals surface area contributed by atoms with Crippen LogP contribution in [0.2, 0.25) is 0 Å². The largest absolute Gasteiger partial charge is 0.486 e. The molecule has 0 saturated heterocycles. The number of halogens is 3. The number of nitrogens with one attached hydrogen (secondary N) is 2. The van der Waals surface area contributed by atoms with Gasteiger partial charge in [0.15, 0.2) is 5.03 Å². The summed E-state index contributed by atoms with van der Waals surface area (Å²) in [4.78, 5) is 28.0. The number of amides is 2. The highest BCUT2D eigenvalue weighted by Crippen LogP contribution is 2.40. The average Bonchev–Trinajstić information content (AvgIpc) is 2.91. The van der Waals surface area contributed by atoms with Gasteiger partial charge in [-0.1, -0.05) is 12.1 Å². The van der Waals surface area contributed by atoms with Gasteiger partial charge in [-0.3, -0.25) is 14.4 Å². The second-order valence-corrected chi connectivity index (χ2v) is 14.0. The zero-order valence-corrected chi connectivity index (χ0v) is 25.1. The molecular formula is C27H27F3N4O8S2. The molecule has 44 heavy (non-hydrogen) atoms. The minimum atomic E-state index is -4.83. The highest BCUT2D eigenvalue weighted by atomic mass is 32.2. The van der Waals surface area contributed by atoms with Gasteiger partial charge in [-0.15, -0.1) is 0 Å². The summed E-state index contributed by atoms with van der Waals surface area (Å²) in [5.41, 5.74) is -2.14. The fraction of sp³-hybridized carbons (Fsp3) is 0.296. The van der Waals surface area contributed by atoms with Crippen molar-refractivity contribution in [3.05, 3.63) is 72.4 Å². The van der Waals surface area contributed by atoms with Crippen LogP contribution in [0, 0.1) is 0 Å². The molecule has 12 nitrogen and oxygen atoms in total. The molecule has 1 unspecified atom stereocenters. The van der Waals surface area contributed by atoms with Crippen LogP contribution < -0.4 is 19.1 Å². The standard InChI is InChI=1S/C27H27F3N4O8S2/c1-26(2,3)42-25(36)32-18-10-11-22-21(14-18)34(44(39,40)20-8-6-7-17(13-20)27(28,29)30)16-19(41-22)15-23(35)33-43(37,38)24-9-4-5-12-31-24/h4-14,19H,15-16H2,1-3H3,(H,32,36)(H,33,35). The Morgan fingerprint density at radius 3 is 2.39 bits per heavy atom. The summed E-state index contributed by atoms with van der Waals surface area (Å²) in [6.45, 7) is 4.30. The topological polar surface area (TPSA) is 161 Å². The van der Waals surface area contributed by atoms with E-state index < -0.39 is 78.4 Å². The van der Waals surface area contributed by atoms with E-state index in [9.17, 15) is 39.6 Å². The molecule has 1 aliphatic rings. The molecule has 2 amide bonds. The van der Waals surface area contributed by atoms with Crippen LogP contribution >= 0.6 is 0 Å². The molecule has 236 valence electrons. The molecule has 4 rings (SSSR count). The van der Waals surface area contributed by atoms with Gasteiger partial charge in [0, 0.05) is 11.9 Å². The van der Waals surface area contributed by atoms with Crippen LogP contribution in [0.5, 0.6) is 5.75 Å². The van der Waals surface area contributed by atoms with Crippen molar-refractivity contribution in [1.82, 2.24) is 9.71 Å². The first-order valence-corrected chi connectivity index (χ1v) is 15.7. The first kappa shape index (κ1) is 32.5. The van der Waals surface area contributed by atoms with Crippen molar-refractivity contribution >= 4 is 43.4 Å². The molecule has 2 heterocycles. The van der Waals surface area contributed by atoms with E-state index in [0.29, 0.717) is 12.1 Å². The van der Waals surface area contributed by atoms with Gasteiger partial charge < -0.3 is 9.47 Å². The van der Waals surface area contributed by atoms with Crippen LogP contribution in [-0.4, -0.2) is 52.1 Å². The predicted molar refractivity (Wildman–Crippen MR) is 151 cm³/mol. The summed E-state index contributed by atoms with van der Waals surface area (Å²) >= 11 is 0. The smallest absolute Gasteiger partial charge is 0.416 e. The second kappa shape index (κ2) is 12.0. The first-order valence-electron chi connectivity index (χ1n) is 12.8. The molecule has 2 N–H and O–H groups in total. The van der Waals surface area contributed by atoms with Crippen molar-refractivity contribution < 1.29 is 49.1 Å². The van der Waals surface area contributed by atoms with Gasteiger partial charge in [0.25, 0.3) is 20.0 Å². The predicted octanol–water partition coefficient (Wildman–Crippen LogP) is 4.30. The van der Waals surface area contributed by atoms with Gasteiger partial charge in [-0.05, 0) is 69.3 Å². The Labute approximate surface area is 251 Å². The molecule has 0 bridgehead atoms. The quantitative estimate of drug-likeness (QED) is 0.378. The van der Waals surface area contributed by atoms with Crippen molar-refractivity contribution in [3.63, 3.8) is 0 Å². The van der Waals surface area contributed by atoms with E-state index in [2.05, 4.69) is 10.3 Å². The van der Waals surface area contributed by atoms with Crippen LogP contribution in [0.25, 0.3) is 0 Å². The number of rotatable bonds is 7. The molecule has 0 aliphatic carbocycles. The number of aromatic nitrogens is 1. The van der Waals surface area contributed by atoms with Gasteiger partial charge >= 0.3 is 12.3 Å². The molecule has 1 atom stereocenters. The number of carbonyl (C=O) groups is 2. The van der Waals surface area contributed by atoms with E-state index in [1.165, 1.54) is 36.5 Å². The van der Waals surface area contributed by atoms with E-state index in [-0.39, 0.29) is 17.1 Å². The lowest BCUT2D eigenvalue weighted by molar-refractivity contribution is -0.137. The monoisotopic (exact) mass is 656 g/mol. The Hall–Kier alpha value is -4.38. The number of alkyl halides is 3. The molecule has 2 aromatic carbocycles. The number of carbonyl (C=O) groups excluding carboxylic acids is 2. The van der Waals surface area contributed by atoms with E-state index >= 15 is 0 Å². The molecular weight excluding hydrogens is 629 g/mol. The third kappa shape index (κ3) is 7.76. The van der Waals surface area contributed by atoms with E-state index in [1.807, 2.05) is 4.72 Å². The third-order valence-corrected chi connectivity index (χ3v) is 8.92. The third-order valence-electron chi connectivity index (χ3n) is 5.86. The Balaban J connectivity index is 1.68. The Morgan fingerprint density at radius 2 is 1.75 bits per heavy atom.